The highest BCUT2D eigenvalue weighted by atomic mass is 16.6. The second-order valence-electron chi connectivity index (χ2n) is 15.4. The standard InChI is InChI=1S/C42H26O27/c43-8-1-5-12(25(49)22(8)46)13-6(2-9(44)23(47)26(13)50)40(62)67-34-11(4-65-38(5)60)66-39(61)7-3-10(45)24(48)27(51)14(7)15-19-16(29(53)32(56)28(15)52)17-20-18(31(55)33(57)30(17)54)21(37(58)59)35(68-41(20)63)36(34)69-42(19)64/h1-3,11,21,34-36,43-57H,4H2,(H,58,59)/t11-,21-,34-,35+,36+/m1/s1. The van der Waals surface area contributed by atoms with Crippen LogP contribution in [0.3, 0.4) is 0 Å². The molecule has 5 aliphatic rings. The molecule has 5 aliphatic heterocycles. The highest BCUT2D eigenvalue weighted by Crippen LogP contribution is 2.62. The van der Waals surface area contributed by atoms with Crippen molar-refractivity contribution in [3.63, 3.8) is 0 Å². The van der Waals surface area contributed by atoms with E-state index in [0.29, 0.717) is 18.2 Å². The Bertz CT molecular complexity index is 3300. The van der Waals surface area contributed by atoms with Crippen LogP contribution in [0.4, 0.5) is 0 Å². The highest BCUT2D eigenvalue weighted by molar-refractivity contribution is 6.17. The van der Waals surface area contributed by atoms with Crippen LogP contribution >= 0.6 is 0 Å². The molecule has 27 nitrogen and oxygen atoms in total. The minimum absolute atomic E-state index is 0.292. The third-order valence-corrected chi connectivity index (χ3v) is 11.7. The normalized spacial score (nSPS) is 20.2. The van der Waals surface area contributed by atoms with E-state index < -0.39 is 226 Å². The monoisotopic (exact) mass is 962 g/mol. The number of rotatable bonds is 1. The van der Waals surface area contributed by atoms with Crippen molar-refractivity contribution in [3.8, 4) is 120 Å². The fourth-order valence-electron chi connectivity index (χ4n) is 8.68. The van der Waals surface area contributed by atoms with E-state index in [2.05, 4.69) is 0 Å². The zero-order valence-electron chi connectivity index (χ0n) is 33.5. The highest BCUT2D eigenvalue weighted by Gasteiger charge is 2.57. The largest absolute Gasteiger partial charge is 0.504 e. The Labute approximate surface area is 377 Å². The van der Waals surface area contributed by atoms with Gasteiger partial charge in [0.1, 0.15) is 12.5 Å². The van der Waals surface area contributed by atoms with E-state index in [-0.39, 0.29) is 0 Å². The van der Waals surface area contributed by atoms with Gasteiger partial charge in [-0.3, -0.25) is 4.79 Å². The van der Waals surface area contributed by atoms with Gasteiger partial charge in [-0.1, -0.05) is 0 Å². The van der Waals surface area contributed by atoms with Gasteiger partial charge >= 0.3 is 35.8 Å². The molecule has 6 bridgehead atoms. The summed E-state index contributed by atoms with van der Waals surface area (Å²) < 4.78 is 27.8. The first-order valence-corrected chi connectivity index (χ1v) is 19.1. The quantitative estimate of drug-likeness (QED) is 0.0642. The molecule has 0 amide bonds. The van der Waals surface area contributed by atoms with Gasteiger partial charge < -0.3 is 105 Å². The van der Waals surface area contributed by atoms with Crippen LogP contribution in [0, 0.1) is 0 Å². The molecule has 0 radical (unpaired) electrons. The van der Waals surface area contributed by atoms with Gasteiger partial charge in [-0.15, -0.1) is 0 Å². The molecule has 5 heterocycles. The van der Waals surface area contributed by atoms with Gasteiger partial charge in [-0.2, -0.15) is 0 Å². The third-order valence-electron chi connectivity index (χ3n) is 11.7. The molecular weight excluding hydrogens is 936 g/mol. The number of carbonyl (C=O) groups excluding carboxylic acids is 5. The lowest BCUT2D eigenvalue weighted by atomic mass is 9.77. The molecule has 16 N–H and O–H groups in total. The summed E-state index contributed by atoms with van der Waals surface area (Å²) >= 11 is 0. The van der Waals surface area contributed by atoms with Crippen molar-refractivity contribution in [1.29, 1.82) is 0 Å². The molecule has 0 aliphatic carbocycles. The molecule has 0 unspecified atom stereocenters. The van der Waals surface area contributed by atoms with Crippen molar-refractivity contribution >= 4 is 35.8 Å². The van der Waals surface area contributed by atoms with E-state index in [1.807, 2.05) is 0 Å². The van der Waals surface area contributed by atoms with Crippen molar-refractivity contribution in [2.24, 2.45) is 0 Å². The first kappa shape index (κ1) is 44.1. The molecule has 27 heteroatoms. The van der Waals surface area contributed by atoms with E-state index >= 15 is 4.79 Å². The van der Waals surface area contributed by atoms with Crippen LogP contribution in [0.5, 0.6) is 86.2 Å². The first-order chi connectivity index (χ1) is 32.4. The van der Waals surface area contributed by atoms with Crippen LogP contribution < -0.4 is 0 Å². The fraction of sp³-hybridized carbons (Fsp3) is 0.143. The molecule has 69 heavy (non-hydrogen) atoms. The molecule has 0 fully saturated rings. The maximum Gasteiger partial charge on any atom is 0.340 e. The SMILES string of the molecule is O=C1OC[C@H]2OC(=O)c3cc(O)c(O)c(O)c3-c3c(O)c(O)c(O)c4c3C(=O)O[C@H]([C@H]3OC(=O)c5c-4c(O)c(O)c(O)c5[C@H]3C(=O)O)[C@@H]2OC(=O)c2cc(O)c(O)c(O)c2-c2c1cc(O)c(O)c2O. The molecule has 0 spiro atoms. The van der Waals surface area contributed by atoms with Gasteiger partial charge in [0, 0.05) is 38.9 Å². The Kier molecular flexibility index (Phi) is 9.41. The summed E-state index contributed by atoms with van der Waals surface area (Å²) in [5.74, 6) is -38.1. The number of hydrogen-bond donors (Lipinski definition) is 16. The summed E-state index contributed by atoms with van der Waals surface area (Å²) in [6, 6.07) is 0.980. The summed E-state index contributed by atoms with van der Waals surface area (Å²) in [6.07, 6.45) is -11.3. The minimum Gasteiger partial charge on any atom is -0.504 e. The predicted octanol–water partition coefficient (Wildman–Crippen LogP) is 1.45. The molecule has 10 rings (SSSR count). The Morgan fingerprint density at radius 3 is 1.23 bits per heavy atom. The van der Waals surface area contributed by atoms with Gasteiger partial charge in [0.2, 0.25) is 28.7 Å². The van der Waals surface area contributed by atoms with Crippen molar-refractivity contribution in [3.05, 3.63) is 51.6 Å². The number of esters is 5. The number of aliphatic carboxylic acids is 1. The van der Waals surface area contributed by atoms with Crippen molar-refractivity contribution < 1.29 is 134 Å². The smallest absolute Gasteiger partial charge is 0.340 e. The van der Waals surface area contributed by atoms with Crippen LogP contribution in [0.2, 0.25) is 0 Å². The molecule has 0 aromatic heterocycles. The minimum atomic E-state index is -2.93. The average Bonchev–Trinajstić information content (AvgIpc) is 3.32. The topological polar surface area (TPSA) is 472 Å². The Morgan fingerprint density at radius 1 is 0.377 bits per heavy atom. The Hall–Kier alpha value is -10.1. The Balaban J connectivity index is 1.46. The molecule has 5 aromatic rings. The van der Waals surface area contributed by atoms with Crippen LogP contribution in [-0.4, -0.2) is 149 Å². The Morgan fingerprint density at radius 2 is 0.739 bits per heavy atom. The van der Waals surface area contributed by atoms with E-state index in [4.69, 9.17) is 23.7 Å². The molecular formula is C42H26O27. The van der Waals surface area contributed by atoms with E-state index in [1.165, 1.54) is 0 Å². The van der Waals surface area contributed by atoms with Crippen molar-refractivity contribution in [2.45, 2.75) is 30.3 Å². The fourth-order valence-corrected chi connectivity index (χ4v) is 8.68. The summed E-state index contributed by atoms with van der Waals surface area (Å²) in [5, 5.41) is 176. The van der Waals surface area contributed by atoms with Gasteiger partial charge in [0.15, 0.2) is 81.9 Å². The zero-order chi connectivity index (χ0) is 50.3. The second-order valence-corrected chi connectivity index (χ2v) is 15.4. The van der Waals surface area contributed by atoms with Gasteiger partial charge in [0.25, 0.3) is 0 Å². The lowest BCUT2D eigenvalue weighted by Crippen LogP contribution is -2.57. The number of phenolic OH excluding ortho intramolecular Hbond substituents is 15. The zero-order valence-corrected chi connectivity index (χ0v) is 33.5. The van der Waals surface area contributed by atoms with Crippen LogP contribution in [0.25, 0.3) is 33.4 Å². The number of hydrogen-bond acceptors (Lipinski definition) is 26. The summed E-state index contributed by atoms with van der Waals surface area (Å²) in [7, 11) is 0. The average molecular weight is 963 g/mol. The van der Waals surface area contributed by atoms with E-state index in [1.54, 1.807) is 0 Å². The molecule has 356 valence electrons. The van der Waals surface area contributed by atoms with Crippen LogP contribution in [-0.2, 0) is 28.5 Å². The van der Waals surface area contributed by atoms with Crippen molar-refractivity contribution in [2.75, 3.05) is 6.61 Å². The lowest BCUT2D eigenvalue weighted by molar-refractivity contribution is -0.156. The number of fused-ring (bicyclic) bond motifs is 7. The molecule has 0 saturated carbocycles. The summed E-state index contributed by atoms with van der Waals surface area (Å²) in [4.78, 5) is 86.2. The molecule has 5 atom stereocenters. The number of ether oxygens (including phenoxy) is 5. The molecule has 0 saturated heterocycles. The predicted molar refractivity (Wildman–Crippen MR) is 212 cm³/mol. The number of carboxylic acids is 1. The van der Waals surface area contributed by atoms with E-state index in [0.717, 1.165) is 0 Å². The van der Waals surface area contributed by atoms with Gasteiger partial charge in [-0.25, -0.2) is 24.0 Å². The number of aromatic hydroxyl groups is 15. The maximum atomic E-state index is 15.1. The van der Waals surface area contributed by atoms with Crippen molar-refractivity contribution in [1.82, 2.24) is 0 Å². The second kappa shape index (κ2) is 14.7. The number of phenols is 15. The number of cyclic esters (lactones) is 1. The van der Waals surface area contributed by atoms with E-state index in [9.17, 15) is 106 Å². The lowest BCUT2D eigenvalue weighted by Gasteiger charge is -2.41. The number of carbonyl (C=O) groups is 6. The van der Waals surface area contributed by atoms with Crippen LogP contribution in [0.15, 0.2) is 18.2 Å². The van der Waals surface area contributed by atoms with Gasteiger partial charge in [0.05, 0.1) is 27.8 Å². The third kappa shape index (κ3) is 5.92. The number of benzene rings is 5. The maximum absolute atomic E-state index is 15.1. The summed E-state index contributed by atoms with van der Waals surface area (Å²) in [5.41, 5.74) is -15.7. The van der Waals surface area contributed by atoms with Crippen LogP contribution in [0.1, 0.15) is 63.3 Å². The molecule has 5 aromatic carbocycles. The van der Waals surface area contributed by atoms with Gasteiger partial charge in [-0.05, 0) is 18.2 Å². The summed E-state index contributed by atoms with van der Waals surface area (Å²) in [6.45, 7) is -1.58. The first-order valence-electron chi connectivity index (χ1n) is 19.1. The number of carboxylic acid groups (broad SMARTS) is 1.